The van der Waals surface area contributed by atoms with Crippen LogP contribution in [0.3, 0.4) is 0 Å². The van der Waals surface area contributed by atoms with E-state index in [1.165, 1.54) is 12.7 Å². The van der Waals surface area contributed by atoms with Crippen molar-refractivity contribution in [3.8, 4) is 0 Å². The zero-order chi connectivity index (χ0) is 13.0. The molecule has 1 aromatic heterocycles. The van der Waals surface area contributed by atoms with E-state index < -0.39 is 5.41 Å². The Balaban J connectivity index is 2.04. The Labute approximate surface area is 106 Å². The number of nitrogens with two attached hydrogens (primary N) is 2. The number of aromatic nitrogens is 2. The summed E-state index contributed by atoms with van der Waals surface area (Å²) in [5.74, 6) is 0.815. The number of hydrogen-bond donors (Lipinski definition) is 3. The number of carbonyl (C=O) groups excluding carboxylic acids is 1. The quantitative estimate of drug-likeness (QED) is 0.735. The lowest BCUT2D eigenvalue weighted by atomic mass is 9.73. The molecule has 1 aromatic rings. The first-order chi connectivity index (χ1) is 8.62. The monoisotopic (exact) mass is 249 g/mol. The van der Waals surface area contributed by atoms with Gasteiger partial charge in [0.25, 0.3) is 0 Å². The summed E-state index contributed by atoms with van der Waals surface area (Å²) in [5.41, 5.74) is 10.7. The SMILES string of the molecule is NC(=O)C1(CNc2cc(N)ncn2)CCCCC1. The average molecular weight is 249 g/mol. The van der Waals surface area contributed by atoms with Gasteiger partial charge in [0.15, 0.2) is 0 Å². The van der Waals surface area contributed by atoms with Gasteiger partial charge in [-0.3, -0.25) is 4.79 Å². The van der Waals surface area contributed by atoms with Crippen molar-refractivity contribution in [2.75, 3.05) is 17.6 Å². The molecule has 1 fully saturated rings. The smallest absolute Gasteiger partial charge is 0.225 e. The molecule has 1 saturated carbocycles. The Morgan fingerprint density at radius 2 is 2.06 bits per heavy atom. The van der Waals surface area contributed by atoms with Gasteiger partial charge in [0.1, 0.15) is 18.0 Å². The van der Waals surface area contributed by atoms with Gasteiger partial charge >= 0.3 is 0 Å². The van der Waals surface area contributed by atoms with Gasteiger partial charge in [-0.25, -0.2) is 9.97 Å². The van der Waals surface area contributed by atoms with Crippen molar-refractivity contribution >= 4 is 17.5 Å². The predicted molar refractivity (Wildman–Crippen MR) is 69.6 cm³/mol. The number of amides is 1. The molecule has 0 aliphatic heterocycles. The summed E-state index contributed by atoms with van der Waals surface area (Å²) in [6.45, 7) is 0.513. The van der Waals surface area contributed by atoms with E-state index >= 15 is 0 Å². The third-order valence-corrected chi connectivity index (χ3v) is 3.63. The molecule has 0 aromatic carbocycles. The average Bonchev–Trinajstić information content (AvgIpc) is 2.37. The van der Waals surface area contributed by atoms with Crippen LogP contribution in [0.1, 0.15) is 32.1 Å². The fourth-order valence-electron chi connectivity index (χ4n) is 2.47. The van der Waals surface area contributed by atoms with Gasteiger partial charge < -0.3 is 16.8 Å². The lowest BCUT2D eigenvalue weighted by molar-refractivity contribution is -0.128. The van der Waals surface area contributed by atoms with Gasteiger partial charge in [0.05, 0.1) is 5.41 Å². The Morgan fingerprint density at radius 1 is 1.33 bits per heavy atom. The van der Waals surface area contributed by atoms with E-state index in [1.54, 1.807) is 6.07 Å². The van der Waals surface area contributed by atoms with Crippen molar-refractivity contribution in [2.24, 2.45) is 11.1 Å². The highest BCUT2D eigenvalue weighted by atomic mass is 16.1. The van der Waals surface area contributed by atoms with Crippen LogP contribution >= 0.6 is 0 Å². The molecule has 0 spiro atoms. The van der Waals surface area contributed by atoms with Crippen molar-refractivity contribution in [1.29, 1.82) is 0 Å². The van der Waals surface area contributed by atoms with Gasteiger partial charge in [-0.2, -0.15) is 0 Å². The fraction of sp³-hybridized carbons (Fsp3) is 0.583. The van der Waals surface area contributed by atoms with Gasteiger partial charge in [0, 0.05) is 12.6 Å². The van der Waals surface area contributed by atoms with E-state index in [-0.39, 0.29) is 5.91 Å². The van der Waals surface area contributed by atoms with E-state index in [0.29, 0.717) is 18.2 Å². The molecule has 98 valence electrons. The molecule has 0 bridgehead atoms. The maximum absolute atomic E-state index is 11.7. The number of rotatable bonds is 4. The zero-order valence-electron chi connectivity index (χ0n) is 10.4. The number of carbonyl (C=O) groups is 1. The van der Waals surface area contributed by atoms with Crippen LogP contribution in [-0.4, -0.2) is 22.4 Å². The molecule has 1 amide bonds. The molecule has 1 aliphatic carbocycles. The van der Waals surface area contributed by atoms with Gasteiger partial charge in [-0.05, 0) is 12.8 Å². The molecule has 5 N–H and O–H groups in total. The largest absolute Gasteiger partial charge is 0.384 e. The lowest BCUT2D eigenvalue weighted by Gasteiger charge is -2.34. The second-order valence-corrected chi connectivity index (χ2v) is 4.89. The van der Waals surface area contributed by atoms with Crippen molar-refractivity contribution in [1.82, 2.24) is 9.97 Å². The second kappa shape index (κ2) is 5.20. The highest BCUT2D eigenvalue weighted by Crippen LogP contribution is 2.36. The first-order valence-corrected chi connectivity index (χ1v) is 6.24. The van der Waals surface area contributed by atoms with Crippen LogP contribution in [0, 0.1) is 5.41 Å². The third kappa shape index (κ3) is 2.69. The second-order valence-electron chi connectivity index (χ2n) is 4.89. The van der Waals surface area contributed by atoms with E-state index in [2.05, 4.69) is 15.3 Å². The lowest BCUT2D eigenvalue weighted by Crippen LogP contribution is -2.44. The molecule has 0 radical (unpaired) electrons. The van der Waals surface area contributed by atoms with E-state index in [9.17, 15) is 4.79 Å². The number of hydrogen-bond acceptors (Lipinski definition) is 5. The third-order valence-electron chi connectivity index (χ3n) is 3.63. The number of primary amides is 1. The van der Waals surface area contributed by atoms with Crippen LogP contribution in [0.4, 0.5) is 11.6 Å². The van der Waals surface area contributed by atoms with Crippen LogP contribution < -0.4 is 16.8 Å². The predicted octanol–water partition coefficient (Wildman–Crippen LogP) is 0.906. The summed E-state index contributed by atoms with van der Waals surface area (Å²) >= 11 is 0. The maximum atomic E-state index is 11.7. The number of nitrogens with zero attached hydrogens (tertiary/aromatic N) is 2. The Kier molecular flexibility index (Phi) is 3.64. The standard InChI is InChI=1S/C12H19N5O/c13-9-6-10(17-8-16-9)15-7-12(11(14)18)4-2-1-3-5-12/h6,8H,1-5,7H2,(H2,14,18)(H3,13,15,16,17). The van der Waals surface area contributed by atoms with Crippen LogP contribution in [0.15, 0.2) is 12.4 Å². The van der Waals surface area contributed by atoms with Crippen molar-refractivity contribution in [3.63, 3.8) is 0 Å². The van der Waals surface area contributed by atoms with Gasteiger partial charge in [0.2, 0.25) is 5.91 Å². The van der Waals surface area contributed by atoms with Crippen molar-refractivity contribution < 1.29 is 4.79 Å². The first kappa shape index (κ1) is 12.6. The summed E-state index contributed by atoms with van der Waals surface area (Å²) < 4.78 is 0. The molecule has 0 unspecified atom stereocenters. The minimum absolute atomic E-state index is 0.225. The van der Waals surface area contributed by atoms with Crippen molar-refractivity contribution in [3.05, 3.63) is 12.4 Å². The Hall–Kier alpha value is -1.85. The Bertz CT molecular complexity index is 428. The zero-order valence-corrected chi connectivity index (χ0v) is 10.4. The topological polar surface area (TPSA) is 107 Å². The molecule has 18 heavy (non-hydrogen) atoms. The minimum atomic E-state index is -0.446. The highest BCUT2D eigenvalue weighted by Gasteiger charge is 2.37. The Morgan fingerprint density at radius 3 is 2.67 bits per heavy atom. The summed E-state index contributed by atoms with van der Waals surface area (Å²) in [5, 5.41) is 3.15. The summed E-state index contributed by atoms with van der Waals surface area (Å²) in [6.07, 6.45) is 6.36. The summed E-state index contributed by atoms with van der Waals surface area (Å²) in [6, 6.07) is 1.65. The van der Waals surface area contributed by atoms with E-state index in [4.69, 9.17) is 11.5 Å². The minimum Gasteiger partial charge on any atom is -0.384 e. The number of anilines is 2. The number of nitrogens with one attached hydrogen (secondary N) is 1. The molecule has 1 aliphatic rings. The maximum Gasteiger partial charge on any atom is 0.225 e. The molecule has 6 heteroatoms. The van der Waals surface area contributed by atoms with Crippen LogP contribution in [0.5, 0.6) is 0 Å². The molecule has 1 heterocycles. The molecular weight excluding hydrogens is 230 g/mol. The molecule has 0 atom stereocenters. The molecule has 6 nitrogen and oxygen atoms in total. The fourth-order valence-corrected chi connectivity index (χ4v) is 2.47. The molecule has 2 rings (SSSR count). The molecular formula is C12H19N5O. The van der Waals surface area contributed by atoms with Crippen molar-refractivity contribution in [2.45, 2.75) is 32.1 Å². The van der Waals surface area contributed by atoms with E-state index in [1.807, 2.05) is 0 Å². The highest BCUT2D eigenvalue weighted by molar-refractivity contribution is 5.81. The normalized spacial score (nSPS) is 18.2. The summed E-state index contributed by atoms with van der Waals surface area (Å²) in [7, 11) is 0. The van der Waals surface area contributed by atoms with E-state index in [0.717, 1.165) is 25.7 Å². The first-order valence-electron chi connectivity index (χ1n) is 6.24. The van der Waals surface area contributed by atoms with Crippen LogP contribution in [0.25, 0.3) is 0 Å². The molecule has 0 saturated heterocycles. The van der Waals surface area contributed by atoms with Gasteiger partial charge in [-0.1, -0.05) is 19.3 Å². The number of nitrogen functional groups attached to an aromatic ring is 1. The van der Waals surface area contributed by atoms with Gasteiger partial charge in [-0.15, -0.1) is 0 Å². The van der Waals surface area contributed by atoms with Crippen LogP contribution in [-0.2, 0) is 4.79 Å². The van der Waals surface area contributed by atoms with Crippen LogP contribution in [0.2, 0.25) is 0 Å². The summed E-state index contributed by atoms with van der Waals surface area (Å²) in [4.78, 5) is 19.6.